The molecular weight excluding hydrogens is 436 g/mol. The minimum Gasteiger partial charge on any atom is -0.491 e. The smallest absolute Gasteiger partial charge is 0.251 e. The first kappa shape index (κ1) is 23.8. The number of hydrogen-bond donors (Lipinski definition) is 3. The number of carbonyl (C=O) groups is 1. The first-order valence-corrected chi connectivity index (χ1v) is 11.6. The Balaban J connectivity index is 1.58. The minimum absolute atomic E-state index is 0.00475. The molecule has 2 aromatic rings. The molecular formula is C22H28N2O7S. The van der Waals surface area contributed by atoms with Crippen molar-refractivity contribution < 1.29 is 32.5 Å². The summed E-state index contributed by atoms with van der Waals surface area (Å²) < 4.78 is 43.8. The van der Waals surface area contributed by atoms with E-state index in [1.165, 1.54) is 12.1 Å². The monoisotopic (exact) mass is 464 g/mol. The van der Waals surface area contributed by atoms with E-state index in [1.807, 2.05) is 0 Å². The first-order chi connectivity index (χ1) is 14.9. The Morgan fingerprint density at radius 1 is 1.16 bits per heavy atom. The number of hydrogen-bond acceptors (Lipinski definition) is 7. The maximum Gasteiger partial charge on any atom is 0.251 e. The van der Waals surface area contributed by atoms with Crippen molar-refractivity contribution in [3.63, 3.8) is 0 Å². The van der Waals surface area contributed by atoms with Gasteiger partial charge in [-0.25, -0.2) is 13.1 Å². The zero-order valence-electron chi connectivity index (χ0n) is 18.5. The van der Waals surface area contributed by atoms with Crippen molar-refractivity contribution in [2.75, 3.05) is 19.9 Å². The Morgan fingerprint density at radius 3 is 2.59 bits per heavy atom. The molecule has 3 N–H and O–H groups in total. The third-order valence-electron chi connectivity index (χ3n) is 4.49. The van der Waals surface area contributed by atoms with Crippen LogP contribution in [0.5, 0.6) is 17.2 Å². The molecule has 0 aliphatic carbocycles. The molecule has 1 heterocycles. The molecule has 32 heavy (non-hydrogen) atoms. The number of carbonyl (C=O) groups excluding carboxylic acids is 1. The summed E-state index contributed by atoms with van der Waals surface area (Å²) in [6, 6.07) is 9.42. The zero-order valence-corrected chi connectivity index (χ0v) is 19.3. The van der Waals surface area contributed by atoms with Gasteiger partial charge in [0, 0.05) is 23.7 Å². The van der Waals surface area contributed by atoms with Crippen molar-refractivity contribution in [1.82, 2.24) is 10.0 Å². The van der Waals surface area contributed by atoms with E-state index in [2.05, 4.69) is 10.0 Å². The lowest BCUT2D eigenvalue weighted by Gasteiger charge is -2.21. The maximum atomic E-state index is 12.6. The average Bonchev–Trinajstić information content (AvgIpc) is 3.16. The highest BCUT2D eigenvalue weighted by atomic mass is 32.2. The number of sulfonamides is 1. The van der Waals surface area contributed by atoms with Gasteiger partial charge in [0.05, 0.1) is 4.90 Å². The van der Waals surface area contributed by atoms with Crippen LogP contribution in [-0.4, -0.2) is 51.0 Å². The van der Waals surface area contributed by atoms with E-state index in [-0.39, 0.29) is 30.4 Å². The quantitative estimate of drug-likeness (QED) is 0.546. The van der Waals surface area contributed by atoms with Gasteiger partial charge in [0.25, 0.3) is 5.91 Å². The lowest BCUT2D eigenvalue weighted by Crippen LogP contribution is -2.40. The molecule has 3 rings (SSSR count). The van der Waals surface area contributed by atoms with Gasteiger partial charge in [-0.1, -0.05) is 6.07 Å². The van der Waals surface area contributed by atoms with Crippen LogP contribution in [0.3, 0.4) is 0 Å². The number of amides is 1. The van der Waals surface area contributed by atoms with Gasteiger partial charge in [-0.05, 0) is 57.5 Å². The first-order valence-electron chi connectivity index (χ1n) is 10.1. The molecule has 1 unspecified atom stereocenters. The number of benzene rings is 2. The maximum absolute atomic E-state index is 12.6. The molecule has 0 saturated heterocycles. The van der Waals surface area contributed by atoms with E-state index in [0.717, 1.165) is 0 Å². The van der Waals surface area contributed by atoms with Gasteiger partial charge >= 0.3 is 0 Å². The Bertz CT molecular complexity index is 1090. The molecule has 0 bridgehead atoms. The summed E-state index contributed by atoms with van der Waals surface area (Å²) >= 11 is 0. The van der Waals surface area contributed by atoms with Gasteiger partial charge in [0.1, 0.15) is 18.5 Å². The van der Waals surface area contributed by atoms with Crippen molar-refractivity contribution in [3.8, 4) is 17.2 Å². The van der Waals surface area contributed by atoms with Crippen LogP contribution in [0.2, 0.25) is 0 Å². The fraction of sp³-hybridized carbons (Fsp3) is 0.409. The van der Waals surface area contributed by atoms with Crippen LogP contribution in [0, 0.1) is 6.92 Å². The Hall–Kier alpha value is -2.82. The van der Waals surface area contributed by atoms with Gasteiger partial charge in [-0.2, -0.15) is 0 Å². The SMILES string of the molecule is Cc1ccc(S(=O)(=O)NC(C)(C)C)cc1C(=O)NCC(O)COc1ccc2c(c1)OCO2. The van der Waals surface area contributed by atoms with E-state index in [9.17, 15) is 18.3 Å². The molecule has 0 aromatic heterocycles. The summed E-state index contributed by atoms with van der Waals surface area (Å²) in [4.78, 5) is 12.6. The molecule has 1 aliphatic rings. The van der Waals surface area contributed by atoms with Crippen LogP contribution in [0.15, 0.2) is 41.3 Å². The molecule has 9 nitrogen and oxygen atoms in total. The molecule has 174 valence electrons. The molecule has 1 atom stereocenters. The number of fused-ring (bicyclic) bond motifs is 1. The van der Waals surface area contributed by atoms with Gasteiger partial charge < -0.3 is 24.6 Å². The largest absolute Gasteiger partial charge is 0.491 e. The summed E-state index contributed by atoms with van der Waals surface area (Å²) in [5.74, 6) is 1.20. The summed E-state index contributed by atoms with van der Waals surface area (Å²) in [6.07, 6.45) is -0.973. The summed E-state index contributed by atoms with van der Waals surface area (Å²) in [5.41, 5.74) is 0.169. The summed E-state index contributed by atoms with van der Waals surface area (Å²) in [6.45, 7) is 6.95. The van der Waals surface area contributed by atoms with Crippen LogP contribution in [0.1, 0.15) is 36.7 Å². The molecule has 0 saturated carbocycles. The van der Waals surface area contributed by atoms with E-state index in [1.54, 1.807) is 52.0 Å². The van der Waals surface area contributed by atoms with E-state index in [4.69, 9.17) is 14.2 Å². The standard InChI is InChI=1S/C22H28N2O7S/c1-14-5-7-17(32(27,28)24-22(2,3)4)10-18(14)21(26)23-11-15(25)12-29-16-6-8-19-20(9-16)31-13-30-19/h5-10,15,24-25H,11-13H2,1-4H3,(H,23,26). The molecule has 1 amide bonds. The number of nitrogens with one attached hydrogen (secondary N) is 2. The van der Waals surface area contributed by atoms with Crippen LogP contribution >= 0.6 is 0 Å². The molecule has 1 aliphatic heterocycles. The lowest BCUT2D eigenvalue weighted by atomic mass is 10.1. The number of aryl methyl sites for hydroxylation is 1. The van der Waals surface area contributed by atoms with E-state index in [0.29, 0.717) is 22.8 Å². The molecule has 10 heteroatoms. The number of aliphatic hydroxyl groups is 1. The zero-order chi connectivity index (χ0) is 23.5. The van der Waals surface area contributed by atoms with Crippen LogP contribution in [-0.2, 0) is 10.0 Å². The minimum atomic E-state index is -3.78. The molecule has 2 aromatic carbocycles. The topological polar surface area (TPSA) is 123 Å². The summed E-state index contributed by atoms with van der Waals surface area (Å²) in [7, 11) is -3.78. The Labute approximate surface area is 187 Å². The van der Waals surface area contributed by atoms with Gasteiger partial charge in [-0.3, -0.25) is 4.79 Å². The second-order valence-electron chi connectivity index (χ2n) is 8.52. The van der Waals surface area contributed by atoms with Crippen LogP contribution in [0.4, 0.5) is 0 Å². The number of rotatable bonds is 8. The highest BCUT2D eigenvalue weighted by Crippen LogP contribution is 2.35. The molecule has 0 radical (unpaired) electrons. The van der Waals surface area contributed by atoms with Crippen LogP contribution in [0.25, 0.3) is 0 Å². The van der Waals surface area contributed by atoms with Gasteiger partial charge in [0.15, 0.2) is 11.5 Å². The van der Waals surface area contributed by atoms with Crippen molar-refractivity contribution in [3.05, 3.63) is 47.5 Å². The molecule has 0 fully saturated rings. The third-order valence-corrected chi connectivity index (χ3v) is 6.24. The van der Waals surface area contributed by atoms with Crippen molar-refractivity contribution in [2.24, 2.45) is 0 Å². The predicted octanol–water partition coefficient (Wildman–Crippen LogP) is 1.97. The second kappa shape index (κ2) is 9.35. The lowest BCUT2D eigenvalue weighted by molar-refractivity contribution is 0.0843. The van der Waals surface area contributed by atoms with Gasteiger partial charge in [0.2, 0.25) is 16.8 Å². The fourth-order valence-electron chi connectivity index (χ4n) is 3.00. The molecule has 0 spiro atoms. The van der Waals surface area contributed by atoms with Crippen LogP contribution < -0.4 is 24.2 Å². The summed E-state index contributed by atoms with van der Waals surface area (Å²) in [5, 5.41) is 12.8. The fourth-order valence-corrected chi connectivity index (χ4v) is 4.44. The normalized spacial score (nSPS) is 14.2. The second-order valence-corrected chi connectivity index (χ2v) is 10.2. The Morgan fingerprint density at radius 2 is 1.88 bits per heavy atom. The van der Waals surface area contributed by atoms with Gasteiger partial charge in [-0.15, -0.1) is 0 Å². The highest BCUT2D eigenvalue weighted by Gasteiger charge is 2.24. The number of ether oxygens (including phenoxy) is 3. The Kier molecular flexibility index (Phi) is 6.97. The van der Waals surface area contributed by atoms with Crippen molar-refractivity contribution in [1.29, 1.82) is 0 Å². The van der Waals surface area contributed by atoms with Crippen molar-refractivity contribution >= 4 is 15.9 Å². The number of aliphatic hydroxyl groups excluding tert-OH is 1. The predicted molar refractivity (Wildman–Crippen MR) is 118 cm³/mol. The van der Waals surface area contributed by atoms with E-state index < -0.39 is 27.6 Å². The van der Waals surface area contributed by atoms with Crippen molar-refractivity contribution in [2.45, 2.75) is 44.2 Å². The highest BCUT2D eigenvalue weighted by molar-refractivity contribution is 7.89. The third kappa shape index (κ3) is 6.12. The van der Waals surface area contributed by atoms with E-state index >= 15 is 0 Å². The average molecular weight is 465 g/mol.